The molecule has 0 aliphatic heterocycles. The number of carbonyl (C=O) groups is 1. The molecule has 0 aliphatic carbocycles. The lowest BCUT2D eigenvalue weighted by Crippen LogP contribution is -2.34. The van der Waals surface area contributed by atoms with Gasteiger partial charge in [-0.05, 0) is 55.3 Å². The maximum absolute atomic E-state index is 12.3. The first-order valence-corrected chi connectivity index (χ1v) is 9.56. The Bertz CT molecular complexity index is 706. The first-order valence-electron chi connectivity index (χ1n) is 9.56. The number of nitrogens with one attached hydrogen (secondary N) is 1. The molecule has 0 radical (unpaired) electrons. The molecule has 0 saturated heterocycles. The van der Waals surface area contributed by atoms with E-state index >= 15 is 0 Å². The Labute approximate surface area is 163 Å². The minimum atomic E-state index is 0.0864. The zero-order valence-corrected chi connectivity index (χ0v) is 17.2. The van der Waals surface area contributed by atoms with Crippen LogP contribution in [0.1, 0.15) is 48.9 Å². The molecule has 1 amide bonds. The zero-order valence-electron chi connectivity index (χ0n) is 17.2. The number of nitrogens with zero attached hydrogens (tertiary/aromatic N) is 1. The largest absolute Gasteiger partial charge is 0.497 e. The van der Waals surface area contributed by atoms with Gasteiger partial charge in [0.25, 0.3) is 0 Å². The molecule has 0 spiro atoms. The molecule has 1 atom stereocenters. The molecule has 27 heavy (non-hydrogen) atoms. The van der Waals surface area contributed by atoms with Crippen molar-refractivity contribution >= 4 is 5.91 Å². The van der Waals surface area contributed by atoms with E-state index in [0.717, 1.165) is 17.7 Å². The molecular formula is C23H32N2O2. The second-order valence-corrected chi connectivity index (χ2v) is 7.45. The van der Waals surface area contributed by atoms with Crippen molar-refractivity contribution in [3.8, 4) is 5.75 Å². The Kier molecular flexibility index (Phi) is 7.86. The van der Waals surface area contributed by atoms with Crippen molar-refractivity contribution < 1.29 is 9.53 Å². The molecule has 1 unspecified atom stereocenters. The van der Waals surface area contributed by atoms with Gasteiger partial charge in [0.15, 0.2) is 0 Å². The lowest BCUT2D eigenvalue weighted by atomic mass is 10.0. The van der Waals surface area contributed by atoms with Gasteiger partial charge in [-0.2, -0.15) is 0 Å². The summed E-state index contributed by atoms with van der Waals surface area (Å²) in [7, 11) is 5.71. The van der Waals surface area contributed by atoms with Gasteiger partial charge in [-0.15, -0.1) is 0 Å². The minimum Gasteiger partial charge on any atom is -0.497 e. The average Bonchev–Trinajstić information content (AvgIpc) is 2.67. The van der Waals surface area contributed by atoms with E-state index in [1.807, 2.05) is 38.4 Å². The second-order valence-electron chi connectivity index (χ2n) is 7.45. The predicted octanol–water partition coefficient (Wildman–Crippen LogP) is 4.17. The fourth-order valence-electron chi connectivity index (χ4n) is 3.05. The Morgan fingerprint density at radius 3 is 2.11 bits per heavy atom. The molecule has 0 fully saturated rings. The van der Waals surface area contributed by atoms with Crippen molar-refractivity contribution in [3.63, 3.8) is 0 Å². The Hall–Kier alpha value is -2.33. The van der Waals surface area contributed by atoms with Crippen LogP contribution in [-0.4, -0.2) is 38.6 Å². The maximum Gasteiger partial charge on any atom is 0.220 e. The van der Waals surface area contributed by atoms with Crippen LogP contribution in [0.2, 0.25) is 0 Å². The van der Waals surface area contributed by atoms with Crippen LogP contribution >= 0.6 is 0 Å². The van der Waals surface area contributed by atoms with Gasteiger partial charge in [0.05, 0.1) is 13.2 Å². The number of benzene rings is 2. The van der Waals surface area contributed by atoms with E-state index in [-0.39, 0.29) is 11.9 Å². The third-order valence-corrected chi connectivity index (χ3v) is 4.90. The van der Waals surface area contributed by atoms with Crippen molar-refractivity contribution in [3.05, 3.63) is 65.2 Å². The summed E-state index contributed by atoms with van der Waals surface area (Å²) < 4.78 is 5.22. The fourth-order valence-corrected chi connectivity index (χ4v) is 3.05. The van der Waals surface area contributed by atoms with E-state index in [2.05, 4.69) is 48.3 Å². The van der Waals surface area contributed by atoms with Crippen LogP contribution in [0.25, 0.3) is 0 Å². The van der Waals surface area contributed by atoms with Crippen LogP contribution < -0.4 is 10.1 Å². The van der Waals surface area contributed by atoms with Crippen molar-refractivity contribution in [2.45, 2.75) is 38.6 Å². The maximum atomic E-state index is 12.3. The highest BCUT2D eigenvalue weighted by molar-refractivity contribution is 5.76. The number of aryl methyl sites for hydroxylation is 1. The number of amides is 1. The first kappa shape index (κ1) is 21.0. The molecular weight excluding hydrogens is 336 g/mol. The zero-order chi connectivity index (χ0) is 19.8. The van der Waals surface area contributed by atoms with Crippen molar-refractivity contribution in [2.24, 2.45) is 0 Å². The lowest BCUT2D eigenvalue weighted by molar-refractivity contribution is -0.121. The number of ether oxygens (including phenoxy) is 1. The summed E-state index contributed by atoms with van der Waals surface area (Å²) in [5, 5.41) is 3.08. The van der Waals surface area contributed by atoms with E-state index < -0.39 is 0 Å². The van der Waals surface area contributed by atoms with Crippen LogP contribution in [0.3, 0.4) is 0 Å². The quantitative estimate of drug-likeness (QED) is 0.722. The minimum absolute atomic E-state index is 0.0864. The van der Waals surface area contributed by atoms with Gasteiger partial charge >= 0.3 is 0 Å². The highest BCUT2D eigenvalue weighted by Gasteiger charge is 2.15. The topological polar surface area (TPSA) is 41.6 Å². The average molecular weight is 369 g/mol. The summed E-state index contributed by atoms with van der Waals surface area (Å²) in [6, 6.07) is 16.7. The van der Waals surface area contributed by atoms with E-state index in [1.54, 1.807) is 7.11 Å². The Morgan fingerprint density at radius 2 is 1.59 bits per heavy atom. The smallest absolute Gasteiger partial charge is 0.220 e. The summed E-state index contributed by atoms with van der Waals surface area (Å²) in [5.41, 5.74) is 3.69. The molecule has 0 saturated carbocycles. The molecule has 0 aliphatic rings. The highest BCUT2D eigenvalue weighted by atomic mass is 16.5. The summed E-state index contributed by atoms with van der Waals surface area (Å²) in [6.45, 7) is 4.96. The van der Waals surface area contributed by atoms with Crippen LogP contribution in [0.4, 0.5) is 0 Å². The molecule has 0 bridgehead atoms. The first-order chi connectivity index (χ1) is 12.9. The Balaban J connectivity index is 1.86. The van der Waals surface area contributed by atoms with Gasteiger partial charge in [-0.25, -0.2) is 0 Å². The SMILES string of the molecule is COc1ccc(C(CNC(=O)CCc2ccc(C(C)C)cc2)N(C)C)cc1. The third kappa shape index (κ3) is 6.40. The molecule has 0 aromatic heterocycles. The van der Waals surface area contributed by atoms with Crippen molar-refractivity contribution in [1.29, 1.82) is 0 Å². The van der Waals surface area contributed by atoms with Gasteiger partial charge in [-0.1, -0.05) is 50.2 Å². The molecule has 4 nitrogen and oxygen atoms in total. The van der Waals surface area contributed by atoms with E-state index in [1.165, 1.54) is 11.1 Å². The fraction of sp³-hybridized carbons (Fsp3) is 0.435. The van der Waals surface area contributed by atoms with Crippen LogP contribution in [0.5, 0.6) is 5.75 Å². The van der Waals surface area contributed by atoms with Gasteiger partial charge in [0, 0.05) is 13.0 Å². The molecule has 2 aromatic carbocycles. The van der Waals surface area contributed by atoms with Crippen LogP contribution in [-0.2, 0) is 11.2 Å². The van der Waals surface area contributed by atoms with Crippen LogP contribution in [0.15, 0.2) is 48.5 Å². The third-order valence-electron chi connectivity index (χ3n) is 4.90. The lowest BCUT2D eigenvalue weighted by Gasteiger charge is -2.25. The highest BCUT2D eigenvalue weighted by Crippen LogP contribution is 2.21. The molecule has 1 N–H and O–H groups in total. The summed E-state index contributed by atoms with van der Waals surface area (Å²) in [5.74, 6) is 1.45. The second kappa shape index (κ2) is 10.1. The molecule has 0 heterocycles. The predicted molar refractivity (Wildman–Crippen MR) is 111 cm³/mol. The molecule has 4 heteroatoms. The van der Waals surface area contributed by atoms with Gasteiger partial charge < -0.3 is 15.0 Å². The van der Waals surface area contributed by atoms with Gasteiger partial charge in [-0.3, -0.25) is 4.79 Å². The number of hydrogen-bond donors (Lipinski definition) is 1. The van der Waals surface area contributed by atoms with Gasteiger partial charge in [0.2, 0.25) is 5.91 Å². The summed E-state index contributed by atoms with van der Waals surface area (Å²) in [4.78, 5) is 14.4. The standard InChI is InChI=1S/C23H32N2O2/c1-17(2)19-9-6-18(7-10-19)8-15-23(26)24-16-22(25(3)4)20-11-13-21(27-5)14-12-20/h6-7,9-14,17,22H,8,15-16H2,1-5H3,(H,24,26). The molecule has 2 rings (SSSR count). The van der Waals surface area contributed by atoms with Crippen molar-refractivity contribution in [1.82, 2.24) is 10.2 Å². The van der Waals surface area contributed by atoms with E-state index in [0.29, 0.717) is 18.9 Å². The number of carbonyl (C=O) groups excluding carboxylic acids is 1. The number of likely N-dealkylation sites (N-methyl/N-ethyl adjacent to an activating group) is 1. The van der Waals surface area contributed by atoms with Crippen LogP contribution in [0, 0.1) is 0 Å². The number of hydrogen-bond acceptors (Lipinski definition) is 3. The summed E-state index contributed by atoms with van der Waals surface area (Å²) >= 11 is 0. The molecule has 146 valence electrons. The van der Waals surface area contributed by atoms with E-state index in [4.69, 9.17) is 4.74 Å². The van der Waals surface area contributed by atoms with Crippen molar-refractivity contribution in [2.75, 3.05) is 27.7 Å². The van der Waals surface area contributed by atoms with Gasteiger partial charge in [0.1, 0.15) is 5.75 Å². The summed E-state index contributed by atoms with van der Waals surface area (Å²) in [6.07, 6.45) is 1.27. The Morgan fingerprint density at radius 1 is 1.00 bits per heavy atom. The number of rotatable bonds is 9. The normalized spacial score (nSPS) is 12.3. The monoisotopic (exact) mass is 368 g/mol. The molecule has 2 aromatic rings. The van der Waals surface area contributed by atoms with E-state index in [9.17, 15) is 4.79 Å². The number of methoxy groups -OCH3 is 1.